The molecule has 4 heteroatoms. The van der Waals surface area contributed by atoms with E-state index in [0.717, 1.165) is 14.7 Å². The van der Waals surface area contributed by atoms with Crippen molar-refractivity contribution < 1.29 is 0 Å². The van der Waals surface area contributed by atoms with E-state index in [2.05, 4.69) is 32.6 Å². The van der Waals surface area contributed by atoms with Crippen LogP contribution in [0.2, 0.25) is 0 Å². The SMILES string of the molecule is Cc1nc2c(C)cc(I)cc2c(=O)[nH]1. The maximum Gasteiger partial charge on any atom is 0.258 e. The number of rotatable bonds is 0. The molecule has 0 saturated heterocycles. The Hall–Kier alpha value is -0.910. The second kappa shape index (κ2) is 3.34. The molecule has 72 valence electrons. The van der Waals surface area contributed by atoms with E-state index in [1.165, 1.54) is 0 Å². The second-order valence-electron chi connectivity index (χ2n) is 3.27. The first kappa shape index (κ1) is 9.64. The van der Waals surface area contributed by atoms with Crippen LogP contribution in [0.15, 0.2) is 16.9 Å². The number of aromatic nitrogens is 2. The van der Waals surface area contributed by atoms with Crippen LogP contribution < -0.4 is 5.56 Å². The van der Waals surface area contributed by atoms with Gasteiger partial charge in [-0.15, -0.1) is 0 Å². The molecule has 1 aromatic heterocycles. The summed E-state index contributed by atoms with van der Waals surface area (Å²) in [4.78, 5) is 18.6. The van der Waals surface area contributed by atoms with Crippen molar-refractivity contribution in [2.24, 2.45) is 0 Å². The van der Waals surface area contributed by atoms with E-state index in [0.29, 0.717) is 11.2 Å². The molecule has 2 aromatic rings. The van der Waals surface area contributed by atoms with Gasteiger partial charge in [0, 0.05) is 3.57 Å². The lowest BCUT2D eigenvalue weighted by Crippen LogP contribution is -2.10. The Morgan fingerprint density at radius 2 is 2.07 bits per heavy atom. The molecule has 0 spiro atoms. The van der Waals surface area contributed by atoms with Crippen molar-refractivity contribution in [3.63, 3.8) is 0 Å². The average Bonchev–Trinajstić information content (AvgIpc) is 2.07. The number of aromatic amines is 1. The first-order chi connectivity index (χ1) is 6.58. The number of H-pyrrole nitrogens is 1. The van der Waals surface area contributed by atoms with Crippen LogP contribution in [0.25, 0.3) is 10.9 Å². The van der Waals surface area contributed by atoms with Gasteiger partial charge < -0.3 is 4.98 Å². The first-order valence-corrected chi connectivity index (χ1v) is 5.32. The summed E-state index contributed by atoms with van der Waals surface area (Å²) >= 11 is 2.20. The Bertz CT molecular complexity index is 560. The standard InChI is InChI=1S/C10H9IN2O/c1-5-3-7(11)4-8-9(5)12-6(2)13-10(8)14/h3-4H,1-2H3,(H,12,13,14). The second-order valence-corrected chi connectivity index (χ2v) is 4.52. The van der Waals surface area contributed by atoms with Gasteiger partial charge in [-0.1, -0.05) is 0 Å². The fourth-order valence-electron chi connectivity index (χ4n) is 1.48. The van der Waals surface area contributed by atoms with Gasteiger partial charge in [0.2, 0.25) is 0 Å². The minimum absolute atomic E-state index is 0.0610. The van der Waals surface area contributed by atoms with Crippen molar-refractivity contribution in [1.82, 2.24) is 9.97 Å². The predicted octanol–water partition coefficient (Wildman–Crippen LogP) is 2.14. The van der Waals surface area contributed by atoms with Crippen LogP contribution in [0.1, 0.15) is 11.4 Å². The largest absolute Gasteiger partial charge is 0.310 e. The molecule has 0 unspecified atom stereocenters. The lowest BCUT2D eigenvalue weighted by atomic mass is 10.1. The number of nitrogens with one attached hydrogen (secondary N) is 1. The van der Waals surface area contributed by atoms with Crippen LogP contribution in [0.5, 0.6) is 0 Å². The molecule has 0 aliphatic carbocycles. The van der Waals surface area contributed by atoms with E-state index >= 15 is 0 Å². The van der Waals surface area contributed by atoms with E-state index in [1.807, 2.05) is 19.1 Å². The molecule has 0 aliphatic heterocycles. The summed E-state index contributed by atoms with van der Waals surface area (Å²) in [6.45, 7) is 3.76. The van der Waals surface area contributed by atoms with E-state index in [1.54, 1.807) is 6.92 Å². The Kier molecular flexibility index (Phi) is 2.30. The number of aryl methyl sites for hydroxylation is 2. The molecule has 3 nitrogen and oxygen atoms in total. The van der Waals surface area contributed by atoms with Crippen LogP contribution in [-0.4, -0.2) is 9.97 Å². The average molecular weight is 300 g/mol. The van der Waals surface area contributed by atoms with E-state index in [9.17, 15) is 4.79 Å². The Morgan fingerprint density at radius 1 is 1.36 bits per heavy atom. The third kappa shape index (κ3) is 1.54. The normalized spacial score (nSPS) is 10.8. The highest BCUT2D eigenvalue weighted by molar-refractivity contribution is 14.1. The highest BCUT2D eigenvalue weighted by Gasteiger charge is 2.05. The summed E-state index contributed by atoms with van der Waals surface area (Å²) < 4.78 is 1.06. The molecule has 14 heavy (non-hydrogen) atoms. The molecule has 0 bridgehead atoms. The maximum atomic E-state index is 11.6. The highest BCUT2D eigenvalue weighted by Crippen LogP contribution is 2.16. The molecule has 0 radical (unpaired) electrons. The van der Waals surface area contributed by atoms with Gasteiger partial charge >= 0.3 is 0 Å². The zero-order valence-corrected chi connectivity index (χ0v) is 10.0. The lowest BCUT2D eigenvalue weighted by molar-refractivity contribution is 1.05. The lowest BCUT2D eigenvalue weighted by Gasteiger charge is -2.02. The highest BCUT2D eigenvalue weighted by atomic mass is 127. The monoisotopic (exact) mass is 300 g/mol. The van der Waals surface area contributed by atoms with Crippen molar-refractivity contribution in [3.05, 3.63) is 37.4 Å². The molecule has 2 rings (SSSR count). The predicted molar refractivity (Wildman–Crippen MR) is 64.6 cm³/mol. The Balaban J connectivity index is 3.02. The van der Waals surface area contributed by atoms with Gasteiger partial charge in [-0.25, -0.2) is 4.98 Å². The van der Waals surface area contributed by atoms with Crippen molar-refractivity contribution in [3.8, 4) is 0 Å². The van der Waals surface area contributed by atoms with Gasteiger partial charge in [-0.05, 0) is 54.1 Å². The van der Waals surface area contributed by atoms with Crippen molar-refractivity contribution in [2.75, 3.05) is 0 Å². The maximum absolute atomic E-state index is 11.6. The molecule has 0 atom stereocenters. The van der Waals surface area contributed by atoms with E-state index < -0.39 is 0 Å². The van der Waals surface area contributed by atoms with Gasteiger partial charge in [0.1, 0.15) is 5.82 Å². The number of fused-ring (bicyclic) bond motifs is 1. The van der Waals surface area contributed by atoms with Gasteiger partial charge in [0.25, 0.3) is 5.56 Å². The fourth-order valence-corrected chi connectivity index (χ4v) is 2.26. The molecule has 1 aromatic carbocycles. The molecule has 1 heterocycles. The van der Waals surface area contributed by atoms with Crippen LogP contribution in [0.4, 0.5) is 0 Å². The van der Waals surface area contributed by atoms with Crippen molar-refractivity contribution in [1.29, 1.82) is 0 Å². The molecule has 0 saturated carbocycles. The molecular weight excluding hydrogens is 291 g/mol. The number of nitrogens with zero attached hydrogens (tertiary/aromatic N) is 1. The fraction of sp³-hybridized carbons (Fsp3) is 0.200. The van der Waals surface area contributed by atoms with Crippen LogP contribution in [0.3, 0.4) is 0 Å². The molecule has 0 amide bonds. The summed E-state index contributed by atoms with van der Waals surface area (Å²) in [5.41, 5.74) is 1.78. The molecular formula is C10H9IN2O. The Morgan fingerprint density at radius 3 is 2.79 bits per heavy atom. The van der Waals surface area contributed by atoms with Crippen LogP contribution in [0, 0.1) is 17.4 Å². The minimum Gasteiger partial charge on any atom is -0.310 e. The number of benzene rings is 1. The Labute approximate surface area is 94.7 Å². The smallest absolute Gasteiger partial charge is 0.258 e. The number of halogens is 1. The van der Waals surface area contributed by atoms with E-state index in [4.69, 9.17) is 0 Å². The zero-order valence-electron chi connectivity index (χ0n) is 7.89. The minimum atomic E-state index is -0.0610. The first-order valence-electron chi connectivity index (χ1n) is 4.25. The third-order valence-corrected chi connectivity index (χ3v) is 2.71. The zero-order chi connectivity index (χ0) is 10.3. The summed E-state index contributed by atoms with van der Waals surface area (Å²) in [6, 6.07) is 3.88. The van der Waals surface area contributed by atoms with Gasteiger partial charge in [-0.2, -0.15) is 0 Å². The number of hydrogen-bond acceptors (Lipinski definition) is 2. The topological polar surface area (TPSA) is 45.8 Å². The molecule has 1 N–H and O–H groups in total. The van der Waals surface area contributed by atoms with Crippen LogP contribution in [-0.2, 0) is 0 Å². The van der Waals surface area contributed by atoms with Crippen LogP contribution >= 0.6 is 22.6 Å². The quantitative estimate of drug-likeness (QED) is 0.758. The summed E-state index contributed by atoms with van der Waals surface area (Å²) in [5.74, 6) is 0.659. The van der Waals surface area contributed by atoms with Gasteiger partial charge in [0.05, 0.1) is 10.9 Å². The van der Waals surface area contributed by atoms with E-state index in [-0.39, 0.29) is 5.56 Å². The number of hydrogen-bond donors (Lipinski definition) is 1. The molecule has 0 fully saturated rings. The van der Waals surface area contributed by atoms with Crippen molar-refractivity contribution in [2.45, 2.75) is 13.8 Å². The molecule has 0 aliphatic rings. The van der Waals surface area contributed by atoms with Gasteiger partial charge in [-0.3, -0.25) is 4.79 Å². The van der Waals surface area contributed by atoms with Gasteiger partial charge in [0.15, 0.2) is 0 Å². The summed E-state index contributed by atoms with van der Waals surface area (Å²) in [5, 5.41) is 0.667. The summed E-state index contributed by atoms with van der Waals surface area (Å²) in [7, 11) is 0. The van der Waals surface area contributed by atoms with Crippen molar-refractivity contribution >= 4 is 33.5 Å². The summed E-state index contributed by atoms with van der Waals surface area (Å²) in [6.07, 6.45) is 0. The third-order valence-electron chi connectivity index (χ3n) is 2.08.